The van der Waals surface area contributed by atoms with Gasteiger partial charge in [0.2, 0.25) is 23.6 Å². The highest BCUT2D eigenvalue weighted by molar-refractivity contribution is 8.00. The van der Waals surface area contributed by atoms with Crippen LogP contribution in [0.2, 0.25) is 10.0 Å². The van der Waals surface area contributed by atoms with Gasteiger partial charge in [0.25, 0.3) is 0 Å². The van der Waals surface area contributed by atoms with Crippen LogP contribution in [-0.4, -0.2) is 230 Å². The molecule has 20 rings (SSSR count). The predicted molar refractivity (Wildman–Crippen MR) is 573 cm³/mol. The zero-order valence-corrected chi connectivity index (χ0v) is 87.0. The number of anilines is 4. The maximum atomic E-state index is 15.0. The zero-order valence-electron chi connectivity index (χ0n) is 82.3. The maximum absolute atomic E-state index is 15.0. The van der Waals surface area contributed by atoms with E-state index in [9.17, 15) is 60.3 Å². The normalized spacial score (nSPS) is 20.8. The van der Waals surface area contributed by atoms with Gasteiger partial charge in [-0.15, -0.1) is 47.0 Å². The van der Waals surface area contributed by atoms with Crippen molar-refractivity contribution in [1.82, 2.24) is 57.8 Å². The lowest BCUT2D eigenvalue weighted by atomic mass is 9.97. The number of thioether (sulfide) groups is 4. The summed E-state index contributed by atoms with van der Waals surface area (Å²) in [6, 6.07) is 23.0. The molecule has 12 heterocycles. The second-order valence-corrected chi connectivity index (χ2v) is 43.4. The average molecular weight is 2110 g/mol. The smallest absolute Gasteiger partial charge is 0.350 e. The lowest BCUT2D eigenvalue weighted by Crippen LogP contribution is -2.58. The van der Waals surface area contributed by atoms with Gasteiger partial charge >= 0.3 is 22.8 Å². The number of carbonyl (C=O) groups is 4. The van der Waals surface area contributed by atoms with Crippen LogP contribution in [0.4, 0.5) is 49.6 Å². The molecule has 4 saturated heterocycles. The number of rotatable bonds is 12. The first-order valence-electron chi connectivity index (χ1n) is 48.0. The van der Waals surface area contributed by atoms with E-state index in [0.29, 0.717) is 152 Å². The van der Waals surface area contributed by atoms with Crippen LogP contribution in [-0.2, 0) is 45.4 Å². The number of aryl methyl sites for hydroxylation is 4. The van der Waals surface area contributed by atoms with Crippen molar-refractivity contribution in [2.24, 2.45) is 22.9 Å². The fourth-order valence-electron chi connectivity index (χ4n) is 21.6. The molecule has 4 unspecified atom stereocenters. The van der Waals surface area contributed by atoms with E-state index < -0.39 is 40.5 Å². The van der Waals surface area contributed by atoms with Gasteiger partial charge in [-0.25, -0.2) is 45.5 Å². The molecular weight excluding hydrogens is 1990 g/mol. The van der Waals surface area contributed by atoms with Gasteiger partial charge in [0.15, 0.2) is 0 Å². The first kappa shape index (κ1) is 105. The first-order chi connectivity index (χ1) is 69.6. The number of piperazine rings is 4. The molecule has 8 aromatic carbocycles. The Kier molecular flexibility index (Phi) is 30.9. The van der Waals surface area contributed by atoms with Crippen LogP contribution in [0.25, 0.3) is 88.1 Å². The minimum atomic E-state index is -0.839. The van der Waals surface area contributed by atoms with Gasteiger partial charge in [0, 0.05) is 262 Å². The molecule has 0 spiro atoms. The number of nitrogens with two attached hydrogens (primary N) is 4. The number of halogens is 8. The van der Waals surface area contributed by atoms with E-state index >= 15 is 4.39 Å². The summed E-state index contributed by atoms with van der Waals surface area (Å²) >= 11 is 18.3. The summed E-state index contributed by atoms with van der Waals surface area (Å²) in [5.41, 5.74) is 35.3. The number of amides is 4. The van der Waals surface area contributed by atoms with Crippen LogP contribution in [0.3, 0.4) is 0 Å². The van der Waals surface area contributed by atoms with Crippen LogP contribution >= 0.6 is 70.2 Å². The summed E-state index contributed by atoms with van der Waals surface area (Å²) in [7, 11) is 0. The molecule has 4 fully saturated rings. The topological polar surface area (TPSA) is 338 Å². The van der Waals surface area contributed by atoms with Gasteiger partial charge in [0.1, 0.15) is 58.2 Å². The summed E-state index contributed by atoms with van der Waals surface area (Å²) in [6.45, 7) is 40.5. The van der Waals surface area contributed by atoms with Gasteiger partial charge < -0.3 is 62.1 Å². The fourth-order valence-corrected chi connectivity index (χ4v) is 27.0. The van der Waals surface area contributed by atoms with Crippen molar-refractivity contribution in [1.29, 1.82) is 0 Å². The molecule has 4 aromatic heterocycles. The van der Waals surface area contributed by atoms with Crippen molar-refractivity contribution >= 4 is 161 Å². The highest BCUT2D eigenvalue weighted by Crippen LogP contribution is 2.51. The van der Waals surface area contributed by atoms with E-state index in [1.165, 1.54) is 84.2 Å². The number of benzene rings is 8. The quantitative estimate of drug-likeness (QED) is 0.0501. The molecule has 40 heteroatoms. The highest BCUT2D eigenvalue weighted by atomic mass is 35.5. The number of nitrogens with zero attached hydrogens (tertiary/aromatic N) is 16. The van der Waals surface area contributed by atoms with E-state index in [0.717, 1.165) is 104 Å². The summed E-state index contributed by atoms with van der Waals surface area (Å²) < 4.78 is 91.8. The zero-order chi connectivity index (χ0) is 105. The monoisotopic (exact) mass is 2100 g/mol. The van der Waals surface area contributed by atoms with Gasteiger partial charge in [-0.05, 0) is 194 Å². The maximum Gasteiger partial charge on any atom is 0.350 e. The number of hydrogen-bond acceptors (Lipinski definition) is 24. The summed E-state index contributed by atoms with van der Waals surface area (Å²) in [5, 5.41) is 3.11. The van der Waals surface area contributed by atoms with E-state index in [4.69, 9.17) is 46.1 Å². The largest absolute Gasteiger partial charge is 0.352 e. The van der Waals surface area contributed by atoms with Gasteiger partial charge in [0.05, 0.1) is 32.1 Å². The van der Waals surface area contributed by atoms with E-state index in [2.05, 4.69) is 62.1 Å². The molecular formula is C106H112Cl2F6N20O8S4. The molecule has 28 nitrogen and oxygen atoms in total. The Balaban J connectivity index is 0.000000133. The molecule has 0 bridgehead atoms. The molecule has 10 atom stereocenters. The molecule has 8 N–H and O–H groups in total. The summed E-state index contributed by atoms with van der Waals surface area (Å²) in [5.74, 6) is 0.438. The second kappa shape index (κ2) is 42.9. The second-order valence-electron chi connectivity index (χ2n) is 38.5. The number of aromatic nitrogens is 8. The lowest BCUT2D eigenvalue weighted by molar-refractivity contribution is -0.131. The Morgan fingerprint density at radius 2 is 0.644 bits per heavy atom. The van der Waals surface area contributed by atoms with Gasteiger partial charge in [-0.3, -0.25) is 37.4 Å². The Morgan fingerprint density at radius 1 is 0.342 bits per heavy atom. The molecule has 146 heavy (non-hydrogen) atoms. The standard InChI is InChI=1S/C27H29ClFN5O2S.C27H29F2N5O2S.C27H30FN5O2S.C25H24ClF2N5O2S/c1-5-22(35)34-15(3)10-32(11-16(34)4)26-19-8-14(2)23(17-6-7-21(29)20(28)9-17)25-24(19)33(27(36)31-26)12-18(30)13-37-25;1-5-22(35)34-15(3)10-32(11-16(34)4)26-20-8-14(2)23(19-7-6-17(28)9-21(19)29)25-24(20)33(27(36)31-26)12-18(30)13-37-25;1-5-22(34)33-16(3)11-31(12-17(33)4)26-21-10-15(2)23(18-6-8-19(28)9-7-18)25-24(21)32(27(35)30-26)13-20(29)14-36-25;1-3-20(34)31-4-6-32(7-5-31)24-16-8-13(2)21(15-9-17(26)19(28)10-18(15)27)23-22(16)33(25(35)30-24)11-14(29)12-36-23/h2*5-9,15-16,18H,1,10-13,30H2,2-4H3;5-10,16-17,20H,1,11-14,29H2,2-4H3;3,8-10,14H,1,4-7,11-12,29H2,2H3/t2*15-,16+,18?;16-,17+,20?;. The molecule has 764 valence electrons. The van der Waals surface area contributed by atoms with E-state index in [1.54, 1.807) is 75.9 Å². The SMILES string of the molecule is C=CC(=O)N1CCN(c2nc(=O)n3c4c(c(-c5cc(Cl)c(F)cc5F)c(C)cc24)SCC(N)C3)CC1.C=CC(=O)N1[C@H](C)CN(c2nc(=O)n3c4c(c(-c5ccc(F)c(Cl)c5)c(C)cc24)SCC(N)C3)C[C@@H]1C.C=CC(=O)N1[C@H](C)CN(c2nc(=O)n3c4c(c(-c5ccc(F)cc5)c(C)cc24)SCC(N)C3)C[C@@H]1C.C=CC(=O)N1[C@H](C)CN(c2nc(=O)n3c4c(c(-c5ccc(F)cc5F)c(C)cc24)SCC(N)C3)C[C@@H]1C. The third kappa shape index (κ3) is 20.2. The fraction of sp³-hybridized carbons (Fsp3) is 0.358. The Hall–Kier alpha value is -12.2. The summed E-state index contributed by atoms with van der Waals surface area (Å²) in [6.07, 6.45) is 5.30. The van der Waals surface area contributed by atoms with Crippen LogP contribution in [0.1, 0.15) is 63.8 Å². The van der Waals surface area contributed by atoms with Crippen molar-refractivity contribution < 1.29 is 45.5 Å². The van der Waals surface area contributed by atoms with Gasteiger partial charge in [-0.1, -0.05) is 67.7 Å². The van der Waals surface area contributed by atoms with E-state index in [-0.39, 0.29) is 136 Å². The number of carbonyl (C=O) groups excluding carboxylic acids is 4. The molecule has 0 saturated carbocycles. The summed E-state index contributed by atoms with van der Waals surface area (Å²) in [4.78, 5) is 139. The van der Waals surface area contributed by atoms with Crippen molar-refractivity contribution in [3.8, 4) is 44.5 Å². The van der Waals surface area contributed by atoms with Crippen LogP contribution < -0.4 is 65.3 Å². The molecule has 12 aromatic rings. The Labute approximate surface area is 865 Å². The average Bonchev–Trinajstić information content (AvgIpc) is 1.31. The van der Waals surface area contributed by atoms with Crippen molar-refractivity contribution in [2.45, 2.75) is 175 Å². The first-order valence-corrected chi connectivity index (χ1v) is 52.7. The van der Waals surface area contributed by atoms with Crippen LogP contribution in [0.15, 0.2) is 186 Å². The highest BCUT2D eigenvalue weighted by Gasteiger charge is 2.41. The molecule has 8 aliphatic rings. The molecule has 0 aliphatic carbocycles. The predicted octanol–water partition coefficient (Wildman–Crippen LogP) is 15.0. The van der Waals surface area contributed by atoms with Crippen LogP contribution in [0.5, 0.6) is 0 Å². The van der Waals surface area contributed by atoms with E-state index in [1.807, 2.05) is 107 Å². The minimum absolute atomic E-state index is 0.0437. The number of hydrogen-bond donors (Lipinski definition) is 4. The Bertz CT molecular complexity index is 7600. The van der Waals surface area contributed by atoms with Gasteiger partial charge in [-0.2, -0.15) is 19.9 Å². The molecule has 0 radical (unpaired) electrons. The third-order valence-electron chi connectivity index (χ3n) is 27.8. The van der Waals surface area contributed by atoms with Crippen LogP contribution in [0, 0.1) is 62.6 Å². The minimum Gasteiger partial charge on any atom is -0.352 e. The lowest BCUT2D eigenvalue weighted by Gasteiger charge is -2.44. The van der Waals surface area contributed by atoms with Crippen molar-refractivity contribution in [2.75, 3.05) is 108 Å². The van der Waals surface area contributed by atoms with Crippen molar-refractivity contribution in [3.63, 3.8) is 0 Å². The van der Waals surface area contributed by atoms with Crippen molar-refractivity contribution in [3.05, 3.63) is 257 Å². The molecule has 8 aliphatic heterocycles. The Morgan fingerprint density at radius 3 is 0.986 bits per heavy atom. The third-order valence-corrected chi connectivity index (χ3v) is 33.6. The molecule has 4 amide bonds.